The number of benzene rings is 1. The topological polar surface area (TPSA) is 44.4 Å². The van der Waals surface area contributed by atoms with Crippen molar-refractivity contribution in [2.24, 2.45) is 0 Å². The highest BCUT2D eigenvalue weighted by molar-refractivity contribution is 5.89. The number of rotatable bonds is 1. The van der Waals surface area contributed by atoms with Crippen LogP contribution in [0.1, 0.15) is 6.42 Å². The second-order valence-corrected chi connectivity index (χ2v) is 4.03. The number of nitrogens with one attached hydrogen (secondary N) is 2. The molecule has 0 unspecified atom stereocenters. The summed E-state index contributed by atoms with van der Waals surface area (Å²) in [5.74, 6) is -0.304. The molecule has 2 N–H and O–H groups in total. The maximum atomic E-state index is 12.7. The van der Waals surface area contributed by atoms with Crippen molar-refractivity contribution in [2.75, 3.05) is 31.5 Å². The van der Waals surface area contributed by atoms with Gasteiger partial charge in [0.25, 0.3) is 0 Å². The third-order valence-electron chi connectivity index (χ3n) is 2.72. The van der Waals surface area contributed by atoms with Gasteiger partial charge >= 0.3 is 6.03 Å². The first-order valence-electron chi connectivity index (χ1n) is 5.78. The van der Waals surface area contributed by atoms with Crippen LogP contribution in [0.15, 0.2) is 24.3 Å². The molecular weight excluding hydrogens is 257 g/mol. The Morgan fingerprint density at radius 1 is 1.22 bits per heavy atom. The number of carbonyl (C=O) groups is 1. The average molecular weight is 274 g/mol. The minimum Gasteiger partial charge on any atom is -0.323 e. The fraction of sp³-hybridized carbons (Fsp3) is 0.417. The maximum absolute atomic E-state index is 12.7. The lowest BCUT2D eigenvalue weighted by atomic mass is 10.3. The highest BCUT2D eigenvalue weighted by atomic mass is 35.5. The largest absolute Gasteiger partial charge is 0.323 e. The van der Waals surface area contributed by atoms with Crippen LogP contribution >= 0.6 is 12.4 Å². The van der Waals surface area contributed by atoms with Crippen molar-refractivity contribution < 1.29 is 9.18 Å². The van der Waals surface area contributed by atoms with Crippen LogP contribution in [-0.4, -0.2) is 37.1 Å². The van der Waals surface area contributed by atoms with Gasteiger partial charge in [0.1, 0.15) is 5.82 Å². The Kier molecular flexibility index (Phi) is 5.88. The second-order valence-electron chi connectivity index (χ2n) is 4.03. The first-order valence-corrected chi connectivity index (χ1v) is 5.78. The molecule has 0 saturated carbocycles. The first kappa shape index (κ1) is 14.7. The molecule has 6 heteroatoms. The molecule has 0 atom stereocenters. The molecular formula is C12H17ClFN3O. The molecule has 4 nitrogen and oxygen atoms in total. The predicted octanol–water partition coefficient (Wildman–Crippen LogP) is 2.07. The lowest BCUT2D eigenvalue weighted by molar-refractivity contribution is 0.215. The van der Waals surface area contributed by atoms with Gasteiger partial charge in [0.2, 0.25) is 0 Å². The summed E-state index contributed by atoms with van der Waals surface area (Å²) in [5, 5.41) is 5.99. The van der Waals surface area contributed by atoms with Gasteiger partial charge in [0, 0.05) is 25.3 Å². The van der Waals surface area contributed by atoms with Crippen molar-refractivity contribution in [1.29, 1.82) is 0 Å². The number of carbonyl (C=O) groups excluding carboxylic acids is 1. The number of halogens is 2. The van der Waals surface area contributed by atoms with E-state index in [1.807, 2.05) is 0 Å². The quantitative estimate of drug-likeness (QED) is 0.823. The van der Waals surface area contributed by atoms with E-state index in [1.54, 1.807) is 17.0 Å². The molecule has 0 spiro atoms. The van der Waals surface area contributed by atoms with Gasteiger partial charge in [-0.1, -0.05) is 0 Å². The minimum atomic E-state index is -0.304. The van der Waals surface area contributed by atoms with Gasteiger partial charge in [-0.15, -0.1) is 12.4 Å². The number of hydrogen-bond donors (Lipinski definition) is 2. The van der Waals surface area contributed by atoms with Gasteiger partial charge in [-0.25, -0.2) is 9.18 Å². The molecule has 1 aliphatic rings. The Bertz CT molecular complexity index is 377. The normalized spacial score (nSPS) is 15.5. The standard InChI is InChI=1S/C12H16FN3O.ClH/c13-10-2-4-11(5-3-10)15-12(17)16-8-1-6-14-7-9-16;/h2-5,14H,1,6-9H2,(H,15,17);1H. The summed E-state index contributed by atoms with van der Waals surface area (Å²) in [6, 6.07) is 5.66. The fourth-order valence-electron chi connectivity index (χ4n) is 1.78. The molecule has 1 aliphatic heterocycles. The highest BCUT2D eigenvalue weighted by Crippen LogP contribution is 2.09. The molecule has 0 bridgehead atoms. The summed E-state index contributed by atoms with van der Waals surface area (Å²) >= 11 is 0. The lowest BCUT2D eigenvalue weighted by Crippen LogP contribution is -2.37. The Morgan fingerprint density at radius 2 is 1.94 bits per heavy atom. The van der Waals surface area contributed by atoms with E-state index < -0.39 is 0 Å². The highest BCUT2D eigenvalue weighted by Gasteiger charge is 2.14. The summed E-state index contributed by atoms with van der Waals surface area (Å²) in [4.78, 5) is 13.7. The van der Waals surface area contributed by atoms with Crippen molar-refractivity contribution in [2.45, 2.75) is 6.42 Å². The van der Waals surface area contributed by atoms with Crippen LogP contribution in [0.4, 0.5) is 14.9 Å². The summed E-state index contributed by atoms with van der Waals surface area (Å²) in [5.41, 5.74) is 0.619. The van der Waals surface area contributed by atoms with E-state index in [0.29, 0.717) is 12.2 Å². The van der Waals surface area contributed by atoms with Crippen LogP contribution in [0.5, 0.6) is 0 Å². The zero-order valence-electron chi connectivity index (χ0n) is 9.99. The molecule has 100 valence electrons. The number of amides is 2. The molecule has 0 radical (unpaired) electrons. The molecule has 1 aromatic carbocycles. The Labute approximate surface area is 112 Å². The zero-order valence-corrected chi connectivity index (χ0v) is 10.8. The summed E-state index contributed by atoms with van der Waals surface area (Å²) < 4.78 is 12.7. The summed E-state index contributed by atoms with van der Waals surface area (Å²) in [6.07, 6.45) is 0.955. The molecule has 18 heavy (non-hydrogen) atoms. The molecule has 1 heterocycles. The van der Waals surface area contributed by atoms with Gasteiger partial charge in [0.05, 0.1) is 0 Å². The molecule has 1 aromatic rings. The molecule has 0 aliphatic carbocycles. The third kappa shape index (κ3) is 4.16. The van der Waals surface area contributed by atoms with Crippen LogP contribution in [0.2, 0.25) is 0 Å². The van der Waals surface area contributed by atoms with Crippen LogP contribution in [-0.2, 0) is 0 Å². The molecule has 1 saturated heterocycles. The van der Waals surface area contributed by atoms with Crippen molar-refractivity contribution in [1.82, 2.24) is 10.2 Å². The van der Waals surface area contributed by atoms with E-state index >= 15 is 0 Å². The van der Waals surface area contributed by atoms with Crippen LogP contribution in [0.3, 0.4) is 0 Å². The van der Waals surface area contributed by atoms with Gasteiger partial charge in [-0.3, -0.25) is 0 Å². The first-order chi connectivity index (χ1) is 8.25. The molecule has 1 fully saturated rings. The monoisotopic (exact) mass is 273 g/mol. The van der Waals surface area contributed by atoms with Crippen molar-refractivity contribution in [3.8, 4) is 0 Å². The smallest absolute Gasteiger partial charge is 0.321 e. The van der Waals surface area contributed by atoms with E-state index in [-0.39, 0.29) is 24.3 Å². The molecule has 0 aromatic heterocycles. The van der Waals surface area contributed by atoms with Crippen molar-refractivity contribution >= 4 is 24.1 Å². The molecule has 2 amide bonds. The zero-order chi connectivity index (χ0) is 12.1. The van der Waals surface area contributed by atoms with Gasteiger partial charge in [0.15, 0.2) is 0 Å². The van der Waals surface area contributed by atoms with Crippen molar-refractivity contribution in [3.05, 3.63) is 30.1 Å². The SMILES string of the molecule is Cl.O=C(Nc1ccc(F)cc1)N1CCCNCC1. The third-order valence-corrected chi connectivity index (χ3v) is 2.72. The Morgan fingerprint density at radius 3 is 2.67 bits per heavy atom. The van der Waals surface area contributed by atoms with E-state index in [4.69, 9.17) is 0 Å². The number of nitrogens with zero attached hydrogens (tertiary/aromatic N) is 1. The molecule has 2 rings (SSSR count). The predicted molar refractivity (Wildman–Crippen MR) is 71.7 cm³/mol. The van der Waals surface area contributed by atoms with Crippen LogP contribution < -0.4 is 10.6 Å². The number of urea groups is 1. The second kappa shape index (κ2) is 7.18. The van der Waals surface area contributed by atoms with Gasteiger partial charge in [-0.05, 0) is 37.2 Å². The van der Waals surface area contributed by atoms with E-state index in [1.165, 1.54) is 12.1 Å². The number of hydrogen-bond acceptors (Lipinski definition) is 2. The van der Waals surface area contributed by atoms with Crippen LogP contribution in [0.25, 0.3) is 0 Å². The fourth-order valence-corrected chi connectivity index (χ4v) is 1.78. The van der Waals surface area contributed by atoms with E-state index in [0.717, 1.165) is 26.1 Å². The van der Waals surface area contributed by atoms with Crippen molar-refractivity contribution in [3.63, 3.8) is 0 Å². The minimum absolute atomic E-state index is 0. The van der Waals surface area contributed by atoms with Gasteiger partial charge in [-0.2, -0.15) is 0 Å². The van der Waals surface area contributed by atoms with Gasteiger partial charge < -0.3 is 15.5 Å². The average Bonchev–Trinajstić information content (AvgIpc) is 2.61. The Balaban J connectivity index is 0.00000162. The van der Waals surface area contributed by atoms with E-state index in [2.05, 4.69) is 10.6 Å². The maximum Gasteiger partial charge on any atom is 0.321 e. The lowest BCUT2D eigenvalue weighted by Gasteiger charge is -2.20. The number of anilines is 1. The summed E-state index contributed by atoms with van der Waals surface area (Å²) in [7, 11) is 0. The van der Waals surface area contributed by atoms with Crippen LogP contribution in [0, 0.1) is 5.82 Å². The summed E-state index contributed by atoms with van der Waals surface area (Å²) in [6.45, 7) is 3.21. The van der Waals surface area contributed by atoms with E-state index in [9.17, 15) is 9.18 Å². The Hall–Kier alpha value is -1.33.